The Hall–Kier alpha value is -2.89. The minimum atomic E-state index is -3.70. The molecule has 2 aromatic carbocycles. The number of likely N-dealkylation sites (tertiary alicyclic amines) is 1. The summed E-state index contributed by atoms with van der Waals surface area (Å²) in [6, 6.07) is 7.87. The van der Waals surface area contributed by atoms with Crippen LogP contribution < -0.4 is 24.2 Å². The van der Waals surface area contributed by atoms with Gasteiger partial charge in [0.25, 0.3) is 0 Å². The van der Waals surface area contributed by atoms with E-state index in [0.29, 0.717) is 55.4 Å². The number of amides is 1. The van der Waals surface area contributed by atoms with E-state index in [1.165, 1.54) is 33.5 Å². The molecule has 0 aliphatic carbocycles. The maximum atomic E-state index is 13.1. The van der Waals surface area contributed by atoms with Crippen LogP contribution in [0, 0.1) is 5.82 Å². The number of ether oxygens (including phenoxy) is 3. The van der Waals surface area contributed by atoms with Crippen LogP contribution >= 0.6 is 0 Å². The van der Waals surface area contributed by atoms with Crippen molar-refractivity contribution < 1.29 is 31.8 Å². The van der Waals surface area contributed by atoms with E-state index >= 15 is 0 Å². The van der Waals surface area contributed by atoms with E-state index in [9.17, 15) is 17.6 Å². The van der Waals surface area contributed by atoms with Gasteiger partial charge in [-0.1, -0.05) is 0 Å². The second-order valence-corrected chi connectivity index (χ2v) is 9.62. The maximum Gasteiger partial charge on any atom is 0.240 e. The van der Waals surface area contributed by atoms with E-state index in [4.69, 9.17) is 14.2 Å². The number of carbonyl (C=O) groups is 1. The van der Waals surface area contributed by atoms with Gasteiger partial charge in [-0.15, -0.1) is 0 Å². The highest BCUT2D eigenvalue weighted by Gasteiger charge is 2.25. The van der Waals surface area contributed by atoms with Gasteiger partial charge in [-0.25, -0.2) is 17.5 Å². The molecule has 1 heterocycles. The number of piperidine rings is 1. The first-order valence-electron chi connectivity index (χ1n) is 10.9. The summed E-state index contributed by atoms with van der Waals surface area (Å²) in [7, 11) is 0.822. The Morgan fingerprint density at radius 1 is 1.03 bits per heavy atom. The van der Waals surface area contributed by atoms with Gasteiger partial charge in [0.1, 0.15) is 5.82 Å². The van der Waals surface area contributed by atoms with Gasteiger partial charge >= 0.3 is 0 Å². The molecule has 0 saturated carbocycles. The molecule has 11 heteroatoms. The molecule has 0 bridgehead atoms. The fraction of sp³-hybridized carbons (Fsp3) is 0.435. The Labute approximate surface area is 199 Å². The maximum absolute atomic E-state index is 13.1. The molecule has 34 heavy (non-hydrogen) atoms. The van der Waals surface area contributed by atoms with Crippen molar-refractivity contribution in [2.45, 2.75) is 30.2 Å². The lowest BCUT2D eigenvalue weighted by Gasteiger charge is -2.32. The molecular formula is C23H30FN3O6S. The first-order chi connectivity index (χ1) is 16.2. The quantitative estimate of drug-likeness (QED) is 0.522. The Bertz CT molecular complexity index is 1060. The van der Waals surface area contributed by atoms with Gasteiger partial charge in [-0.05, 0) is 50.2 Å². The van der Waals surface area contributed by atoms with Crippen LogP contribution in [0.25, 0.3) is 0 Å². The van der Waals surface area contributed by atoms with Crippen molar-refractivity contribution in [1.82, 2.24) is 9.62 Å². The van der Waals surface area contributed by atoms with Crippen molar-refractivity contribution in [2.24, 2.45) is 0 Å². The lowest BCUT2D eigenvalue weighted by molar-refractivity contribution is -0.116. The molecule has 1 saturated heterocycles. The molecule has 1 amide bonds. The van der Waals surface area contributed by atoms with Crippen molar-refractivity contribution in [3.63, 3.8) is 0 Å². The van der Waals surface area contributed by atoms with Gasteiger partial charge in [-0.2, -0.15) is 0 Å². The summed E-state index contributed by atoms with van der Waals surface area (Å²) < 4.78 is 56.6. The number of sulfonamides is 1. The number of nitrogens with zero attached hydrogens (tertiary/aromatic N) is 1. The minimum Gasteiger partial charge on any atom is -0.493 e. The first-order valence-corrected chi connectivity index (χ1v) is 12.3. The van der Waals surface area contributed by atoms with Crippen LogP contribution in [0.3, 0.4) is 0 Å². The minimum absolute atomic E-state index is 0.0415. The van der Waals surface area contributed by atoms with Gasteiger partial charge in [0, 0.05) is 36.8 Å². The number of hydrogen-bond acceptors (Lipinski definition) is 7. The summed E-state index contributed by atoms with van der Waals surface area (Å²) in [6.45, 7) is 1.87. The molecule has 0 radical (unpaired) electrons. The van der Waals surface area contributed by atoms with Crippen LogP contribution in [-0.2, 0) is 14.8 Å². The lowest BCUT2D eigenvalue weighted by atomic mass is 10.1. The molecule has 0 aromatic heterocycles. The number of hydrogen-bond donors (Lipinski definition) is 2. The molecule has 1 aliphatic heterocycles. The van der Waals surface area contributed by atoms with Crippen molar-refractivity contribution >= 4 is 21.6 Å². The monoisotopic (exact) mass is 495 g/mol. The van der Waals surface area contributed by atoms with Gasteiger partial charge in [-0.3, -0.25) is 4.79 Å². The number of benzene rings is 2. The van der Waals surface area contributed by atoms with E-state index < -0.39 is 15.8 Å². The van der Waals surface area contributed by atoms with Crippen molar-refractivity contribution in [3.05, 3.63) is 42.2 Å². The molecule has 0 atom stereocenters. The Morgan fingerprint density at radius 3 is 2.15 bits per heavy atom. The highest BCUT2D eigenvalue weighted by Crippen LogP contribution is 2.39. The zero-order valence-electron chi connectivity index (χ0n) is 19.5. The molecule has 186 valence electrons. The van der Waals surface area contributed by atoms with Crippen LogP contribution in [0.2, 0.25) is 0 Å². The number of nitrogens with one attached hydrogen (secondary N) is 2. The van der Waals surface area contributed by atoms with Gasteiger partial charge in [0.05, 0.1) is 26.2 Å². The topological polar surface area (TPSA) is 106 Å². The third kappa shape index (κ3) is 6.58. The molecular weight excluding hydrogens is 465 g/mol. The van der Waals surface area contributed by atoms with Crippen LogP contribution in [0.5, 0.6) is 17.2 Å². The van der Waals surface area contributed by atoms with Gasteiger partial charge in [0.2, 0.25) is 21.7 Å². The Balaban J connectivity index is 1.47. The fourth-order valence-corrected chi connectivity index (χ4v) is 5.12. The third-order valence-electron chi connectivity index (χ3n) is 5.64. The average molecular weight is 496 g/mol. The average Bonchev–Trinajstić information content (AvgIpc) is 2.83. The Kier molecular flexibility index (Phi) is 8.70. The molecule has 1 aliphatic rings. The highest BCUT2D eigenvalue weighted by molar-refractivity contribution is 7.89. The third-order valence-corrected chi connectivity index (χ3v) is 7.17. The number of rotatable bonds is 10. The van der Waals surface area contributed by atoms with E-state index in [2.05, 4.69) is 14.9 Å². The summed E-state index contributed by atoms with van der Waals surface area (Å²) in [5, 5.41) is 2.84. The molecule has 9 nitrogen and oxygen atoms in total. The molecule has 2 aromatic rings. The first kappa shape index (κ1) is 25.7. The van der Waals surface area contributed by atoms with Crippen LogP contribution in [-0.4, -0.2) is 66.2 Å². The summed E-state index contributed by atoms with van der Waals surface area (Å²) in [5.74, 6) is 0.695. The second kappa shape index (κ2) is 11.5. The van der Waals surface area contributed by atoms with Crippen LogP contribution in [0.4, 0.5) is 10.1 Å². The molecule has 0 unspecified atom stereocenters. The molecule has 0 spiro atoms. The summed E-state index contributed by atoms with van der Waals surface area (Å²) in [4.78, 5) is 14.6. The summed E-state index contributed by atoms with van der Waals surface area (Å²) in [5.41, 5.74) is 0.536. The fourth-order valence-electron chi connectivity index (χ4n) is 3.81. The normalized spacial score (nSPS) is 15.1. The van der Waals surface area contributed by atoms with E-state index in [-0.39, 0.29) is 23.3 Å². The number of carbonyl (C=O) groups excluding carboxylic acids is 1. The zero-order valence-corrected chi connectivity index (χ0v) is 20.3. The van der Waals surface area contributed by atoms with Crippen molar-refractivity contribution in [2.75, 3.05) is 46.3 Å². The predicted molar refractivity (Wildman–Crippen MR) is 126 cm³/mol. The highest BCUT2D eigenvalue weighted by atomic mass is 32.2. The van der Waals surface area contributed by atoms with Gasteiger partial charge in [0.15, 0.2) is 11.5 Å². The zero-order chi connectivity index (χ0) is 24.7. The molecule has 3 rings (SSSR count). The summed E-state index contributed by atoms with van der Waals surface area (Å²) >= 11 is 0. The lowest BCUT2D eigenvalue weighted by Crippen LogP contribution is -2.45. The van der Waals surface area contributed by atoms with Crippen LogP contribution in [0.15, 0.2) is 41.3 Å². The van der Waals surface area contributed by atoms with Crippen molar-refractivity contribution in [3.8, 4) is 17.2 Å². The van der Waals surface area contributed by atoms with Crippen molar-refractivity contribution in [1.29, 1.82) is 0 Å². The standard InChI is InChI=1S/C23H30FN3O6S/c1-31-20-14-18(15-21(32-2)23(20)33-3)25-22(28)10-13-27-11-8-17(9-12-27)26-34(29,30)19-6-4-16(24)5-7-19/h4-7,14-15,17,26H,8-13H2,1-3H3,(H,25,28). The SMILES string of the molecule is COc1cc(NC(=O)CCN2CCC(NS(=O)(=O)c3ccc(F)cc3)CC2)cc(OC)c1OC. The van der Waals surface area contributed by atoms with Gasteiger partial charge < -0.3 is 24.4 Å². The van der Waals surface area contributed by atoms with E-state index in [0.717, 1.165) is 12.1 Å². The second-order valence-electron chi connectivity index (χ2n) is 7.90. The number of methoxy groups -OCH3 is 3. The Morgan fingerprint density at radius 2 is 1.62 bits per heavy atom. The molecule has 1 fully saturated rings. The molecule has 2 N–H and O–H groups in total. The largest absolute Gasteiger partial charge is 0.493 e. The number of halogens is 1. The predicted octanol–water partition coefficient (Wildman–Crippen LogP) is 2.62. The summed E-state index contributed by atoms with van der Waals surface area (Å²) in [6.07, 6.45) is 1.52. The smallest absolute Gasteiger partial charge is 0.240 e. The van der Waals surface area contributed by atoms with Crippen LogP contribution in [0.1, 0.15) is 19.3 Å². The van der Waals surface area contributed by atoms with E-state index in [1.807, 2.05) is 0 Å². The van der Waals surface area contributed by atoms with E-state index in [1.54, 1.807) is 12.1 Å². The number of anilines is 1.